The maximum absolute atomic E-state index is 4.26. The van der Waals surface area contributed by atoms with Gasteiger partial charge in [-0.05, 0) is 65.8 Å². The quantitative estimate of drug-likeness (QED) is 0.731. The number of aryl methyl sites for hydroxylation is 2. The van der Waals surface area contributed by atoms with Crippen LogP contribution in [-0.2, 0) is 12.8 Å². The van der Waals surface area contributed by atoms with Crippen molar-refractivity contribution in [1.82, 2.24) is 4.98 Å². The smallest absolute Gasteiger partial charge is 0.0302 e. The molecule has 0 N–H and O–H groups in total. The van der Waals surface area contributed by atoms with Crippen molar-refractivity contribution >= 4 is 0 Å². The molecule has 0 saturated heterocycles. The van der Waals surface area contributed by atoms with Crippen LogP contribution in [0.25, 0.3) is 0 Å². The molecule has 0 fully saturated rings. The molecule has 0 aliphatic heterocycles. The van der Waals surface area contributed by atoms with Crippen LogP contribution >= 0.6 is 0 Å². The number of aromatic nitrogens is 1. The van der Waals surface area contributed by atoms with Gasteiger partial charge < -0.3 is 0 Å². The number of fused-ring (bicyclic) bond motifs is 2. The maximum atomic E-state index is 4.26. The van der Waals surface area contributed by atoms with Crippen molar-refractivity contribution in [2.45, 2.75) is 37.5 Å². The Bertz CT molecular complexity index is 534. The summed E-state index contributed by atoms with van der Waals surface area (Å²) in [7, 11) is 0. The zero-order valence-corrected chi connectivity index (χ0v) is 10.5. The molecule has 2 aliphatic carbocycles. The predicted molar refractivity (Wildman–Crippen MR) is 72.8 cm³/mol. The molecule has 2 unspecified atom stereocenters. The second-order valence-electron chi connectivity index (χ2n) is 5.56. The topological polar surface area (TPSA) is 12.9 Å². The molecule has 1 heterocycles. The molecule has 18 heavy (non-hydrogen) atoms. The summed E-state index contributed by atoms with van der Waals surface area (Å²) in [6, 6.07) is 11.3. The minimum Gasteiger partial charge on any atom is -0.264 e. The number of hydrogen-bond donors (Lipinski definition) is 0. The van der Waals surface area contributed by atoms with Gasteiger partial charge in [-0.3, -0.25) is 4.98 Å². The van der Waals surface area contributed by atoms with Crippen molar-refractivity contribution in [3.63, 3.8) is 0 Å². The van der Waals surface area contributed by atoms with Crippen LogP contribution in [0, 0.1) is 0 Å². The lowest BCUT2D eigenvalue weighted by Gasteiger charge is -2.20. The first-order valence-electron chi connectivity index (χ1n) is 6.94. The Kier molecular flexibility index (Phi) is 2.26. The van der Waals surface area contributed by atoms with Crippen LogP contribution in [-0.4, -0.2) is 4.98 Å². The molecule has 1 aromatic heterocycles. The van der Waals surface area contributed by atoms with E-state index in [4.69, 9.17) is 0 Å². The highest BCUT2D eigenvalue weighted by molar-refractivity contribution is 5.42. The minimum atomic E-state index is 0.728. The van der Waals surface area contributed by atoms with Crippen LogP contribution in [0.15, 0.2) is 42.7 Å². The minimum absolute atomic E-state index is 0.728. The van der Waals surface area contributed by atoms with Crippen molar-refractivity contribution < 1.29 is 0 Å². The van der Waals surface area contributed by atoms with E-state index in [1.165, 1.54) is 31.2 Å². The Morgan fingerprint density at radius 3 is 2.44 bits per heavy atom. The van der Waals surface area contributed by atoms with E-state index in [9.17, 15) is 0 Å². The van der Waals surface area contributed by atoms with Crippen molar-refractivity contribution in [3.05, 3.63) is 65.0 Å². The lowest BCUT2D eigenvalue weighted by Crippen LogP contribution is -2.05. The predicted octanol–water partition coefficient (Wildman–Crippen LogP) is 3.84. The van der Waals surface area contributed by atoms with Crippen LogP contribution in [0.1, 0.15) is 46.9 Å². The molecular weight excluding hydrogens is 218 g/mol. The van der Waals surface area contributed by atoms with Gasteiger partial charge >= 0.3 is 0 Å². The van der Waals surface area contributed by atoms with Gasteiger partial charge in [-0.25, -0.2) is 0 Å². The largest absolute Gasteiger partial charge is 0.264 e. The second-order valence-corrected chi connectivity index (χ2v) is 5.56. The lowest BCUT2D eigenvalue weighted by molar-refractivity contribution is 0.531. The zero-order valence-electron chi connectivity index (χ0n) is 10.5. The van der Waals surface area contributed by atoms with E-state index in [1.54, 1.807) is 16.7 Å². The number of pyridine rings is 1. The molecule has 0 amide bonds. The summed E-state index contributed by atoms with van der Waals surface area (Å²) in [5.74, 6) is 1.47. The summed E-state index contributed by atoms with van der Waals surface area (Å²) in [6.07, 6.45) is 9.13. The molecule has 0 radical (unpaired) electrons. The number of hydrogen-bond acceptors (Lipinski definition) is 1. The van der Waals surface area contributed by atoms with Gasteiger partial charge in [0.05, 0.1) is 0 Å². The van der Waals surface area contributed by atoms with Crippen LogP contribution in [0.2, 0.25) is 0 Å². The zero-order chi connectivity index (χ0) is 11.9. The molecular formula is C17H17N. The molecule has 0 spiro atoms. The Morgan fingerprint density at radius 2 is 1.56 bits per heavy atom. The molecule has 0 bridgehead atoms. The lowest BCUT2D eigenvalue weighted by atomic mass is 9.83. The third kappa shape index (κ3) is 1.43. The van der Waals surface area contributed by atoms with E-state index in [-0.39, 0.29) is 0 Å². The van der Waals surface area contributed by atoms with Gasteiger partial charge in [-0.2, -0.15) is 0 Å². The molecule has 90 valence electrons. The molecule has 4 rings (SSSR count). The molecule has 0 saturated carbocycles. The first-order valence-corrected chi connectivity index (χ1v) is 6.94. The second kappa shape index (κ2) is 3.94. The van der Waals surface area contributed by atoms with Crippen LogP contribution in [0.5, 0.6) is 0 Å². The van der Waals surface area contributed by atoms with Crippen molar-refractivity contribution in [1.29, 1.82) is 0 Å². The summed E-state index contributed by atoms with van der Waals surface area (Å²) in [5, 5.41) is 0. The van der Waals surface area contributed by atoms with E-state index in [2.05, 4.69) is 41.5 Å². The average molecular weight is 235 g/mol. The van der Waals surface area contributed by atoms with Gasteiger partial charge in [0.15, 0.2) is 0 Å². The first-order chi connectivity index (χ1) is 8.93. The Balaban J connectivity index is 1.75. The molecule has 1 heteroatoms. The maximum Gasteiger partial charge on any atom is 0.0302 e. The van der Waals surface area contributed by atoms with Crippen molar-refractivity contribution in [2.24, 2.45) is 0 Å². The first kappa shape index (κ1) is 10.3. The highest BCUT2D eigenvalue weighted by Crippen LogP contribution is 2.48. The Morgan fingerprint density at radius 1 is 0.833 bits per heavy atom. The van der Waals surface area contributed by atoms with Gasteiger partial charge in [0.25, 0.3) is 0 Å². The van der Waals surface area contributed by atoms with E-state index in [1.807, 2.05) is 6.20 Å². The standard InChI is InChI=1S/C17H17N/c1-2-4-14-12(3-1)5-7-16(14)17-8-6-13-11-18-10-9-15(13)17/h1-4,9-11,16-17H,5-8H2. The normalized spacial score (nSPS) is 24.9. The van der Waals surface area contributed by atoms with Crippen molar-refractivity contribution in [3.8, 4) is 0 Å². The van der Waals surface area contributed by atoms with Crippen LogP contribution in [0.3, 0.4) is 0 Å². The van der Waals surface area contributed by atoms with E-state index >= 15 is 0 Å². The van der Waals surface area contributed by atoms with Gasteiger partial charge in [0.1, 0.15) is 0 Å². The highest BCUT2D eigenvalue weighted by atomic mass is 14.6. The fraction of sp³-hybridized carbons (Fsp3) is 0.353. The third-order valence-electron chi connectivity index (χ3n) is 4.73. The van der Waals surface area contributed by atoms with Gasteiger partial charge in [0, 0.05) is 12.4 Å². The summed E-state index contributed by atoms with van der Waals surface area (Å²) in [6.45, 7) is 0. The SMILES string of the molecule is c1ccc2c(c1)CCC2C1CCc2cnccc21. The van der Waals surface area contributed by atoms with Gasteiger partial charge in [-0.1, -0.05) is 24.3 Å². The molecule has 2 aliphatic rings. The Labute approximate surface area is 108 Å². The van der Waals surface area contributed by atoms with Crippen molar-refractivity contribution in [2.75, 3.05) is 0 Å². The van der Waals surface area contributed by atoms with E-state index in [0.717, 1.165) is 11.8 Å². The van der Waals surface area contributed by atoms with E-state index < -0.39 is 0 Å². The molecule has 2 atom stereocenters. The van der Waals surface area contributed by atoms with Crippen LogP contribution in [0.4, 0.5) is 0 Å². The third-order valence-corrected chi connectivity index (χ3v) is 4.73. The fourth-order valence-corrected chi connectivity index (χ4v) is 3.90. The number of nitrogens with zero attached hydrogens (tertiary/aromatic N) is 1. The van der Waals surface area contributed by atoms with Crippen LogP contribution < -0.4 is 0 Å². The average Bonchev–Trinajstić information content (AvgIpc) is 3.01. The van der Waals surface area contributed by atoms with Gasteiger partial charge in [-0.15, -0.1) is 0 Å². The molecule has 2 aromatic rings. The molecule has 1 aromatic carbocycles. The highest BCUT2D eigenvalue weighted by Gasteiger charge is 2.34. The fourth-order valence-electron chi connectivity index (χ4n) is 3.90. The summed E-state index contributed by atoms with van der Waals surface area (Å²) >= 11 is 0. The summed E-state index contributed by atoms with van der Waals surface area (Å²) in [4.78, 5) is 4.26. The van der Waals surface area contributed by atoms with Gasteiger partial charge in [0.2, 0.25) is 0 Å². The number of benzene rings is 1. The number of rotatable bonds is 1. The Hall–Kier alpha value is -1.63. The summed E-state index contributed by atoms with van der Waals surface area (Å²) < 4.78 is 0. The summed E-state index contributed by atoms with van der Waals surface area (Å²) in [5.41, 5.74) is 6.22. The molecule has 1 nitrogen and oxygen atoms in total. The van der Waals surface area contributed by atoms with E-state index in [0.29, 0.717) is 0 Å². The monoisotopic (exact) mass is 235 g/mol.